The summed E-state index contributed by atoms with van der Waals surface area (Å²) in [5.41, 5.74) is 0. The van der Waals surface area contributed by atoms with E-state index in [0.717, 1.165) is 11.8 Å². The van der Waals surface area contributed by atoms with Crippen molar-refractivity contribution in [2.24, 2.45) is 11.8 Å². The molecule has 2 atom stereocenters. The van der Waals surface area contributed by atoms with Gasteiger partial charge in [-0.15, -0.1) is 0 Å². The molecule has 2 unspecified atom stereocenters. The molecule has 0 aromatic carbocycles. The van der Waals surface area contributed by atoms with Crippen LogP contribution < -0.4 is 5.32 Å². The van der Waals surface area contributed by atoms with Gasteiger partial charge in [-0.2, -0.15) is 0 Å². The van der Waals surface area contributed by atoms with Crippen molar-refractivity contribution in [3.05, 3.63) is 0 Å². The molecule has 3 nitrogen and oxygen atoms in total. The van der Waals surface area contributed by atoms with Crippen LogP contribution in [0.25, 0.3) is 0 Å². The molecule has 0 aromatic rings. The lowest BCUT2D eigenvalue weighted by Crippen LogP contribution is -2.38. The number of piperidine rings is 1. The van der Waals surface area contributed by atoms with E-state index in [1.165, 1.54) is 65.1 Å². The summed E-state index contributed by atoms with van der Waals surface area (Å²) in [6, 6.07) is 0. The molecule has 2 aliphatic rings. The Bertz CT molecular complexity index is 220. The molecule has 17 heavy (non-hydrogen) atoms. The minimum atomic E-state index is 0.887. The summed E-state index contributed by atoms with van der Waals surface area (Å²) in [6.45, 7) is 11.2. The van der Waals surface area contributed by atoms with E-state index in [4.69, 9.17) is 0 Å². The van der Waals surface area contributed by atoms with Crippen molar-refractivity contribution in [3.8, 4) is 0 Å². The standard InChI is InChI=1S/C14H29N3/c1-3-17-8-6-14(12-17)10-15-9-13-5-4-7-16(2)11-13/h13-15H,3-12H2,1-2H3. The van der Waals surface area contributed by atoms with E-state index in [0.29, 0.717) is 0 Å². The maximum atomic E-state index is 3.71. The molecule has 2 rings (SSSR count). The molecule has 2 aliphatic heterocycles. The maximum absolute atomic E-state index is 3.71. The van der Waals surface area contributed by atoms with Gasteiger partial charge in [-0.1, -0.05) is 6.92 Å². The topological polar surface area (TPSA) is 18.5 Å². The summed E-state index contributed by atoms with van der Waals surface area (Å²) >= 11 is 0. The number of rotatable bonds is 5. The molecule has 1 N–H and O–H groups in total. The van der Waals surface area contributed by atoms with Gasteiger partial charge in [-0.05, 0) is 70.9 Å². The Morgan fingerprint density at radius 2 is 1.82 bits per heavy atom. The van der Waals surface area contributed by atoms with E-state index < -0.39 is 0 Å². The average Bonchev–Trinajstić information content (AvgIpc) is 2.77. The van der Waals surface area contributed by atoms with Gasteiger partial charge in [0.05, 0.1) is 0 Å². The first-order valence-corrected chi connectivity index (χ1v) is 7.39. The number of nitrogens with zero attached hydrogens (tertiary/aromatic N) is 2. The molecule has 0 bridgehead atoms. The third kappa shape index (κ3) is 4.23. The molecule has 0 amide bonds. The Morgan fingerprint density at radius 3 is 2.47 bits per heavy atom. The fourth-order valence-electron chi connectivity index (χ4n) is 3.30. The highest BCUT2D eigenvalue weighted by Gasteiger charge is 2.21. The first kappa shape index (κ1) is 13.3. The van der Waals surface area contributed by atoms with Crippen molar-refractivity contribution in [2.75, 3.05) is 52.9 Å². The average molecular weight is 239 g/mol. The highest BCUT2D eigenvalue weighted by Crippen LogP contribution is 2.16. The van der Waals surface area contributed by atoms with Crippen molar-refractivity contribution < 1.29 is 0 Å². The lowest BCUT2D eigenvalue weighted by molar-refractivity contribution is 0.204. The lowest BCUT2D eigenvalue weighted by atomic mass is 9.98. The number of likely N-dealkylation sites (tertiary alicyclic amines) is 2. The van der Waals surface area contributed by atoms with Crippen LogP contribution in [0.4, 0.5) is 0 Å². The molecule has 100 valence electrons. The molecule has 0 radical (unpaired) electrons. The van der Waals surface area contributed by atoms with Crippen LogP contribution in [0.1, 0.15) is 26.2 Å². The van der Waals surface area contributed by atoms with Crippen LogP contribution in [-0.2, 0) is 0 Å². The molecule has 2 fully saturated rings. The summed E-state index contributed by atoms with van der Waals surface area (Å²) < 4.78 is 0. The highest BCUT2D eigenvalue weighted by atomic mass is 15.1. The van der Waals surface area contributed by atoms with Crippen LogP contribution in [0.2, 0.25) is 0 Å². The Kier molecular flexibility index (Phi) is 5.26. The quantitative estimate of drug-likeness (QED) is 0.779. The zero-order valence-electron chi connectivity index (χ0n) is 11.6. The molecule has 0 spiro atoms. The Morgan fingerprint density at radius 1 is 1.06 bits per heavy atom. The van der Waals surface area contributed by atoms with Gasteiger partial charge in [0.25, 0.3) is 0 Å². The van der Waals surface area contributed by atoms with Gasteiger partial charge in [0, 0.05) is 13.1 Å². The number of nitrogens with one attached hydrogen (secondary N) is 1. The van der Waals surface area contributed by atoms with Gasteiger partial charge in [0.15, 0.2) is 0 Å². The monoisotopic (exact) mass is 239 g/mol. The second-order valence-electron chi connectivity index (χ2n) is 5.98. The normalized spacial score (nSPS) is 32.1. The molecule has 2 saturated heterocycles. The van der Waals surface area contributed by atoms with E-state index in [1.807, 2.05) is 0 Å². The van der Waals surface area contributed by atoms with E-state index in [1.54, 1.807) is 0 Å². The van der Waals surface area contributed by atoms with Gasteiger partial charge < -0.3 is 15.1 Å². The fourth-order valence-corrected chi connectivity index (χ4v) is 3.30. The van der Waals surface area contributed by atoms with Crippen LogP contribution in [0, 0.1) is 11.8 Å². The first-order valence-electron chi connectivity index (χ1n) is 7.39. The van der Waals surface area contributed by atoms with Crippen LogP contribution in [0.3, 0.4) is 0 Å². The van der Waals surface area contributed by atoms with Crippen molar-refractivity contribution in [3.63, 3.8) is 0 Å². The fraction of sp³-hybridized carbons (Fsp3) is 1.00. The Balaban J connectivity index is 1.57. The van der Waals surface area contributed by atoms with Gasteiger partial charge >= 0.3 is 0 Å². The summed E-state index contributed by atoms with van der Waals surface area (Å²) in [5, 5.41) is 3.71. The molecular weight excluding hydrogens is 210 g/mol. The third-order valence-corrected chi connectivity index (χ3v) is 4.41. The largest absolute Gasteiger partial charge is 0.316 e. The van der Waals surface area contributed by atoms with Gasteiger partial charge in [-0.25, -0.2) is 0 Å². The van der Waals surface area contributed by atoms with E-state index >= 15 is 0 Å². The zero-order valence-corrected chi connectivity index (χ0v) is 11.6. The van der Waals surface area contributed by atoms with Crippen molar-refractivity contribution in [1.29, 1.82) is 0 Å². The van der Waals surface area contributed by atoms with Crippen LogP contribution in [0.15, 0.2) is 0 Å². The van der Waals surface area contributed by atoms with Gasteiger partial charge in [-0.3, -0.25) is 0 Å². The maximum Gasteiger partial charge on any atom is 0.00222 e. The molecule has 0 aromatic heterocycles. The third-order valence-electron chi connectivity index (χ3n) is 4.41. The minimum absolute atomic E-state index is 0.887. The SMILES string of the molecule is CCN1CCC(CNCC2CCCN(C)C2)C1. The summed E-state index contributed by atoms with van der Waals surface area (Å²) in [7, 11) is 2.25. The zero-order chi connectivity index (χ0) is 12.1. The van der Waals surface area contributed by atoms with Gasteiger partial charge in [0.1, 0.15) is 0 Å². The van der Waals surface area contributed by atoms with E-state index in [2.05, 4.69) is 29.1 Å². The predicted molar refractivity (Wildman–Crippen MR) is 73.3 cm³/mol. The second-order valence-corrected chi connectivity index (χ2v) is 5.98. The summed E-state index contributed by atoms with van der Waals surface area (Å²) in [5.74, 6) is 1.79. The first-order chi connectivity index (χ1) is 8.28. The van der Waals surface area contributed by atoms with Crippen molar-refractivity contribution in [1.82, 2.24) is 15.1 Å². The van der Waals surface area contributed by atoms with E-state index in [-0.39, 0.29) is 0 Å². The Labute approximate surface area is 107 Å². The van der Waals surface area contributed by atoms with Crippen molar-refractivity contribution in [2.45, 2.75) is 26.2 Å². The number of hydrogen-bond donors (Lipinski definition) is 1. The summed E-state index contributed by atoms with van der Waals surface area (Å²) in [4.78, 5) is 5.05. The van der Waals surface area contributed by atoms with Gasteiger partial charge in [0.2, 0.25) is 0 Å². The van der Waals surface area contributed by atoms with Crippen molar-refractivity contribution >= 4 is 0 Å². The predicted octanol–water partition coefficient (Wildman–Crippen LogP) is 1.26. The van der Waals surface area contributed by atoms with Crippen LogP contribution in [-0.4, -0.2) is 62.7 Å². The number of hydrogen-bond acceptors (Lipinski definition) is 3. The van der Waals surface area contributed by atoms with E-state index in [9.17, 15) is 0 Å². The lowest BCUT2D eigenvalue weighted by Gasteiger charge is -2.30. The smallest absolute Gasteiger partial charge is 0.00222 e. The summed E-state index contributed by atoms with van der Waals surface area (Å²) in [6.07, 6.45) is 4.20. The molecule has 3 heteroatoms. The molecule has 2 heterocycles. The Hall–Kier alpha value is -0.120. The minimum Gasteiger partial charge on any atom is -0.316 e. The molecular formula is C14H29N3. The molecule has 0 aliphatic carbocycles. The van der Waals surface area contributed by atoms with Crippen LogP contribution >= 0.6 is 0 Å². The highest BCUT2D eigenvalue weighted by molar-refractivity contribution is 4.78. The molecule has 0 saturated carbocycles. The second kappa shape index (κ2) is 6.72. The van der Waals surface area contributed by atoms with Crippen LogP contribution in [0.5, 0.6) is 0 Å².